The highest BCUT2D eigenvalue weighted by molar-refractivity contribution is 6.07. The van der Waals surface area contributed by atoms with Gasteiger partial charge in [-0.15, -0.1) is 0 Å². The van der Waals surface area contributed by atoms with E-state index in [1.165, 1.54) is 49.2 Å². The van der Waals surface area contributed by atoms with E-state index in [9.17, 15) is 0 Å². The molecule has 11 aromatic rings. The Labute approximate surface area is 607 Å². The van der Waals surface area contributed by atoms with Crippen LogP contribution in [-0.4, -0.2) is 19.9 Å². The van der Waals surface area contributed by atoms with Crippen molar-refractivity contribution in [1.82, 2.24) is 19.9 Å². The van der Waals surface area contributed by atoms with Crippen molar-refractivity contribution in [2.45, 2.75) is 283 Å². The minimum absolute atomic E-state index is 0.977. The fourth-order valence-electron chi connectivity index (χ4n) is 7.04. The van der Waals surface area contributed by atoms with Crippen LogP contribution in [0.25, 0.3) is 65.4 Å². The van der Waals surface area contributed by atoms with Gasteiger partial charge in [-0.1, -0.05) is 441 Å². The molecule has 0 fully saturated rings. The molecule has 0 atom stereocenters. The Kier molecular flexibility index (Phi) is 139. The van der Waals surface area contributed by atoms with Crippen LogP contribution in [-0.2, 0) is 6.42 Å². The number of hydrogen-bond donors (Lipinski definition) is 0. The lowest BCUT2D eigenvalue weighted by molar-refractivity contribution is 1.26. The second-order valence-corrected chi connectivity index (χ2v) is 13.4. The van der Waals surface area contributed by atoms with Gasteiger partial charge in [0.05, 0.1) is 16.6 Å². The summed E-state index contributed by atoms with van der Waals surface area (Å²) in [6, 6.07) is 68.6. The molecule has 12 rings (SSSR count). The zero-order valence-electron chi connectivity index (χ0n) is 71.4. The number of nitrogens with zero attached hydrogens (tertiary/aromatic N) is 4. The molecular weight excluding hydrogens is 1170 g/mol. The molecule has 0 amide bonds. The second kappa shape index (κ2) is 113. The summed E-state index contributed by atoms with van der Waals surface area (Å²) in [5, 5.41) is 8.77. The van der Waals surface area contributed by atoms with Gasteiger partial charge in [-0.25, -0.2) is 0 Å². The van der Waals surface area contributed by atoms with E-state index in [2.05, 4.69) is 166 Å². The summed E-state index contributed by atoms with van der Waals surface area (Å²) >= 11 is 0. The zero-order valence-corrected chi connectivity index (χ0v) is 71.4. The molecule has 4 nitrogen and oxygen atoms in total. The fraction of sp³-hybridized carbons (Fsp3) is 0.441. The van der Waals surface area contributed by atoms with E-state index in [1.807, 2.05) is 338 Å². The lowest BCUT2D eigenvalue weighted by atomic mass is 10.0. The summed E-state index contributed by atoms with van der Waals surface area (Å²) < 4.78 is 0. The smallest absolute Gasteiger partial charge is 0.0964 e. The van der Waals surface area contributed by atoms with Gasteiger partial charge < -0.3 is 0 Å². The van der Waals surface area contributed by atoms with Crippen LogP contribution in [0.3, 0.4) is 0 Å². The minimum Gasteiger partial charge on any atom is -0.265 e. The third kappa shape index (κ3) is 56.2. The number of para-hydroxylation sites is 1. The molecule has 7 aromatic carbocycles. The summed E-state index contributed by atoms with van der Waals surface area (Å²) in [4.78, 5) is 16.7. The first-order valence-electron chi connectivity index (χ1n) is 39.1. The maximum Gasteiger partial charge on any atom is 0.0964 e. The van der Waals surface area contributed by atoms with Crippen molar-refractivity contribution in [2.24, 2.45) is 0 Å². The first-order valence-corrected chi connectivity index (χ1v) is 39.1. The molecule has 0 spiro atoms. The van der Waals surface area contributed by atoms with E-state index >= 15 is 0 Å². The van der Waals surface area contributed by atoms with Gasteiger partial charge in [0.1, 0.15) is 0 Å². The summed E-state index contributed by atoms with van der Waals surface area (Å²) in [6.45, 7) is 80.0. The monoisotopic (exact) mass is 1330 g/mol. The van der Waals surface area contributed by atoms with Gasteiger partial charge in [-0.3, -0.25) is 19.9 Å². The SMILES string of the molecule is CC.CC.CC.CC.CC.CC.CC.CC.CC.CC.CC.CC.CC.CC.CC.CC.CC.CC.CC.CC.c1ccc2c(c1)Cc1ccccc1-2.c1ccc2c(c1)ccc1ccccc12.c1ccc2ncccc2c1.c1ccncc1.c1cnc2c(c1)ccc1cccnc12. The van der Waals surface area contributed by atoms with Crippen molar-refractivity contribution in [3.05, 3.63) is 242 Å². The molecule has 1 aliphatic rings. The summed E-state index contributed by atoms with van der Waals surface area (Å²) in [6.07, 6.45) is 10.0. The predicted octanol–water partition coefficient (Wildman–Crippen LogP) is 33.9. The average Bonchev–Trinajstić information content (AvgIpc) is 1.66. The van der Waals surface area contributed by atoms with E-state index in [0.29, 0.717) is 0 Å². The summed E-state index contributed by atoms with van der Waals surface area (Å²) in [5.41, 5.74) is 8.77. The third-order valence-electron chi connectivity index (χ3n) is 9.78. The molecule has 4 heteroatoms. The summed E-state index contributed by atoms with van der Waals surface area (Å²) in [7, 11) is 0. The Bertz CT molecular complexity index is 2660. The van der Waals surface area contributed by atoms with E-state index in [-0.39, 0.29) is 0 Å². The second-order valence-electron chi connectivity index (χ2n) is 13.4. The Balaban J connectivity index is -0.0000000738. The third-order valence-corrected chi connectivity index (χ3v) is 9.78. The zero-order chi connectivity index (χ0) is 78.5. The molecule has 0 saturated heterocycles. The molecule has 552 valence electrons. The van der Waals surface area contributed by atoms with Crippen molar-refractivity contribution in [1.29, 1.82) is 0 Å². The van der Waals surface area contributed by atoms with E-state index in [4.69, 9.17) is 0 Å². The normalized spacial score (nSPS) is 7.55. The molecule has 0 bridgehead atoms. The number of rotatable bonds is 0. The van der Waals surface area contributed by atoms with Gasteiger partial charge in [0, 0.05) is 47.1 Å². The molecule has 0 radical (unpaired) electrons. The molecule has 0 aliphatic heterocycles. The van der Waals surface area contributed by atoms with Gasteiger partial charge in [0.25, 0.3) is 0 Å². The standard InChI is InChI=1S/C14H10.C13H10.C12H8N2.C9H7N.C5H5N.20C2H6/c1-3-7-13-11(5-1)9-10-12-6-2-4-8-14(12)13;1-3-7-12-10(5-1)9-11-6-2-4-8-13(11)12;1-3-9-5-6-10-4-2-8-14-12(10)11(9)13-7-1;1-2-6-9-8(4-1)5-3-7-10-9;1-2-4-6-5-3-1;20*1-2/h1-10H;1-8H,9H2;1-8H;1-7H;1-5H;20*1-2H3. The molecule has 4 aromatic heterocycles. The molecule has 0 saturated carbocycles. The van der Waals surface area contributed by atoms with Crippen molar-refractivity contribution < 1.29 is 0 Å². The van der Waals surface area contributed by atoms with Crippen molar-refractivity contribution in [3.8, 4) is 11.1 Å². The number of benzene rings is 7. The van der Waals surface area contributed by atoms with Gasteiger partial charge in [0.15, 0.2) is 0 Å². The lowest BCUT2D eigenvalue weighted by Gasteiger charge is -2.02. The van der Waals surface area contributed by atoms with Crippen LogP contribution in [0.15, 0.2) is 231 Å². The van der Waals surface area contributed by atoms with Crippen molar-refractivity contribution in [3.63, 3.8) is 0 Å². The maximum atomic E-state index is 4.35. The minimum atomic E-state index is 0.977. The highest BCUT2D eigenvalue weighted by Crippen LogP contribution is 2.35. The Morgan fingerprint density at radius 3 is 0.732 bits per heavy atom. The van der Waals surface area contributed by atoms with Gasteiger partial charge in [0.2, 0.25) is 0 Å². The largest absolute Gasteiger partial charge is 0.265 e. The predicted molar refractivity (Wildman–Crippen MR) is 466 cm³/mol. The lowest BCUT2D eigenvalue weighted by Crippen LogP contribution is -1.83. The number of hydrogen-bond acceptors (Lipinski definition) is 4. The van der Waals surface area contributed by atoms with Crippen molar-refractivity contribution >= 4 is 54.3 Å². The van der Waals surface area contributed by atoms with Gasteiger partial charge >= 0.3 is 0 Å². The van der Waals surface area contributed by atoms with Gasteiger partial charge in [-0.05, 0) is 86.6 Å². The molecule has 1 aliphatic carbocycles. The molecule has 0 unspecified atom stereocenters. The topological polar surface area (TPSA) is 51.6 Å². The van der Waals surface area contributed by atoms with Crippen molar-refractivity contribution in [2.75, 3.05) is 0 Å². The number of pyridine rings is 4. The van der Waals surface area contributed by atoms with Crippen LogP contribution in [0.4, 0.5) is 0 Å². The van der Waals surface area contributed by atoms with Crippen LogP contribution < -0.4 is 0 Å². The van der Waals surface area contributed by atoms with Gasteiger partial charge in [-0.2, -0.15) is 0 Å². The van der Waals surface area contributed by atoms with Crippen LogP contribution in [0.5, 0.6) is 0 Å². The molecule has 97 heavy (non-hydrogen) atoms. The summed E-state index contributed by atoms with van der Waals surface area (Å²) in [5.74, 6) is 0. The van der Waals surface area contributed by atoms with E-state index in [1.54, 1.807) is 24.8 Å². The van der Waals surface area contributed by atoms with Crippen LogP contribution in [0.1, 0.15) is 288 Å². The Hall–Kier alpha value is -7.56. The van der Waals surface area contributed by atoms with Crippen LogP contribution in [0.2, 0.25) is 0 Å². The van der Waals surface area contributed by atoms with E-state index in [0.717, 1.165) is 33.7 Å². The first kappa shape index (κ1) is 120. The Morgan fingerprint density at radius 2 is 0.433 bits per heavy atom. The first-order chi connectivity index (χ1) is 48.3. The fourth-order valence-corrected chi connectivity index (χ4v) is 7.04. The number of fused-ring (bicyclic) bond motifs is 10. The maximum absolute atomic E-state index is 4.35. The Morgan fingerprint density at radius 1 is 0.186 bits per heavy atom. The highest BCUT2D eigenvalue weighted by Gasteiger charge is 2.16. The van der Waals surface area contributed by atoms with Crippen LogP contribution >= 0.6 is 0 Å². The quantitative estimate of drug-likeness (QED) is 0.142. The number of aromatic nitrogens is 4. The van der Waals surface area contributed by atoms with Crippen LogP contribution in [0, 0.1) is 0 Å². The van der Waals surface area contributed by atoms with E-state index < -0.39 is 0 Å². The average molecular weight is 1330 g/mol. The molecule has 4 heterocycles. The molecular formula is C93H160N4. The highest BCUT2D eigenvalue weighted by atomic mass is 14.7. The molecule has 0 N–H and O–H groups in total.